The van der Waals surface area contributed by atoms with Crippen molar-refractivity contribution in [1.82, 2.24) is 14.9 Å². The van der Waals surface area contributed by atoms with E-state index < -0.39 is 9.84 Å². The lowest BCUT2D eigenvalue weighted by atomic mass is 10.1. The fourth-order valence-electron chi connectivity index (χ4n) is 3.40. The third kappa shape index (κ3) is 6.06. The Morgan fingerprint density at radius 3 is 2.37 bits per heavy atom. The van der Waals surface area contributed by atoms with Crippen LogP contribution in [-0.4, -0.2) is 67.4 Å². The minimum absolute atomic E-state index is 0. The van der Waals surface area contributed by atoms with Crippen LogP contribution in [0.15, 0.2) is 24.5 Å². The molecule has 3 rings (SSSR count). The molecule has 0 radical (unpaired) electrons. The van der Waals surface area contributed by atoms with Crippen LogP contribution in [0.25, 0.3) is 11.3 Å². The van der Waals surface area contributed by atoms with Gasteiger partial charge in [0.25, 0.3) is 0 Å². The second-order valence-electron chi connectivity index (χ2n) is 7.45. The zero-order chi connectivity index (χ0) is 21.2. The van der Waals surface area contributed by atoms with Gasteiger partial charge in [-0.1, -0.05) is 17.7 Å². The molecule has 164 valence electrons. The minimum atomic E-state index is -3.14. The van der Waals surface area contributed by atoms with Crippen molar-refractivity contribution in [3.05, 3.63) is 40.7 Å². The van der Waals surface area contributed by atoms with Gasteiger partial charge >= 0.3 is 0 Å². The van der Waals surface area contributed by atoms with Crippen LogP contribution < -0.4 is 4.90 Å². The monoisotopic (exact) mass is 472 g/mol. The number of anilines is 1. The minimum Gasteiger partial charge on any atom is -0.353 e. The van der Waals surface area contributed by atoms with Crippen LogP contribution in [0.2, 0.25) is 5.02 Å². The zero-order valence-corrected chi connectivity index (χ0v) is 19.6. The van der Waals surface area contributed by atoms with Crippen LogP contribution >= 0.6 is 24.0 Å². The maximum atomic E-state index is 12.2. The number of aromatic nitrogens is 2. The molecule has 7 nitrogen and oxygen atoms in total. The molecule has 1 amide bonds. The normalized spacial score (nSPS) is 14.4. The first kappa shape index (κ1) is 24.4. The average molecular weight is 473 g/mol. The van der Waals surface area contributed by atoms with E-state index in [0.717, 1.165) is 34.5 Å². The fraction of sp³-hybridized carbons (Fsp3) is 0.450. The number of sulfone groups is 1. The topological polar surface area (TPSA) is 83.5 Å². The maximum absolute atomic E-state index is 12.2. The molecule has 0 spiro atoms. The third-order valence-electron chi connectivity index (χ3n) is 4.95. The highest BCUT2D eigenvalue weighted by Crippen LogP contribution is 2.31. The molecule has 0 atom stereocenters. The predicted octanol–water partition coefficient (Wildman–Crippen LogP) is 2.92. The Hall–Kier alpha value is -1.90. The third-order valence-corrected chi connectivity index (χ3v) is 6.20. The van der Waals surface area contributed by atoms with Gasteiger partial charge in [-0.05, 0) is 31.0 Å². The van der Waals surface area contributed by atoms with Crippen molar-refractivity contribution < 1.29 is 13.2 Å². The number of halogens is 2. The van der Waals surface area contributed by atoms with Crippen LogP contribution in [0, 0.1) is 13.8 Å². The van der Waals surface area contributed by atoms with E-state index in [1.54, 1.807) is 11.1 Å². The Labute approximate surface area is 188 Å². The Morgan fingerprint density at radius 1 is 1.10 bits per heavy atom. The van der Waals surface area contributed by atoms with Crippen molar-refractivity contribution in [1.29, 1.82) is 0 Å². The highest BCUT2D eigenvalue weighted by atomic mass is 35.5. The SMILES string of the molecule is Cc1cnc(-c2cc(N3CCN(C(=O)CCS(C)(=O)=O)CC3)ncc2Cl)c(C)c1.Cl. The molecule has 1 fully saturated rings. The van der Waals surface area contributed by atoms with E-state index in [9.17, 15) is 13.2 Å². The van der Waals surface area contributed by atoms with Crippen LogP contribution in [0.1, 0.15) is 17.5 Å². The molecule has 0 N–H and O–H groups in total. The summed E-state index contributed by atoms with van der Waals surface area (Å²) in [5.41, 5.74) is 3.80. The fourth-order valence-corrected chi connectivity index (χ4v) is 4.13. The molecule has 2 aromatic heterocycles. The molecule has 1 saturated heterocycles. The van der Waals surface area contributed by atoms with Gasteiger partial charge in [0.2, 0.25) is 5.91 Å². The quantitative estimate of drug-likeness (QED) is 0.664. The number of aryl methyl sites for hydroxylation is 2. The Kier molecular flexibility index (Phi) is 8.07. The molecule has 0 aliphatic carbocycles. The number of hydrogen-bond donors (Lipinski definition) is 0. The zero-order valence-electron chi connectivity index (χ0n) is 17.3. The van der Waals surface area contributed by atoms with E-state index in [1.807, 2.05) is 26.1 Å². The summed E-state index contributed by atoms with van der Waals surface area (Å²) >= 11 is 6.39. The van der Waals surface area contributed by atoms with Crippen LogP contribution in [0.3, 0.4) is 0 Å². The van der Waals surface area contributed by atoms with Gasteiger partial charge in [0.1, 0.15) is 15.7 Å². The van der Waals surface area contributed by atoms with Crippen molar-refractivity contribution in [2.24, 2.45) is 0 Å². The standard InChI is InChI=1S/C20H25ClN4O3S.ClH/c1-14-10-15(2)20(23-12-14)16-11-18(22-13-17(16)21)24-5-7-25(8-6-24)19(26)4-9-29(3,27)28;/h10-13H,4-9H2,1-3H3;1H. The molecular formula is C20H26Cl2N4O3S. The molecule has 0 saturated carbocycles. The van der Waals surface area contributed by atoms with Gasteiger partial charge in [-0.15, -0.1) is 12.4 Å². The number of pyridine rings is 2. The van der Waals surface area contributed by atoms with E-state index in [4.69, 9.17) is 11.6 Å². The van der Waals surface area contributed by atoms with Crippen LogP contribution in [0.5, 0.6) is 0 Å². The molecule has 1 aliphatic rings. The Morgan fingerprint density at radius 2 is 1.77 bits per heavy atom. The lowest BCUT2D eigenvalue weighted by Crippen LogP contribution is -2.49. The lowest BCUT2D eigenvalue weighted by Gasteiger charge is -2.35. The molecular weight excluding hydrogens is 447 g/mol. The summed E-state index contributed by atoms with van der Waals surface area (Å²) in [5, 5.41) is 0.544. The number of piperazine rings is 1. The van der Waals surface area contributed by atoms with Crippen molar-refractivity contribution in [2.45, 2.75) is 20.3 Å². The van der Waals surface area contributed by atoms with Crippen LogP contribution in [-0.2, 0) is 14.6 Å². The van der Waals surface area contributed by atoms with Crippen molar-refractivity contribution in [3.63, 3.8) is 0 Å². The molecule has 0 aromatic carbocycles. The average Bonchev–Trinajstić information content (AvgIpc) is 2.66. The number of carbonyl (C=O) groups excluding carboxylic acids is 1. The van der Waals surface area contributed by atoms with Gasteiger partial charge in [0.15, 0.2) is 0 Å². The van der Waals surface area contributed by atoms with Gasteiger partial charge < -0.3 is 9.80 Å². The molecule has 10 heteroatoms. The van der Waals surface area contributed by atoms with Gasteiger partial charge in [-0.25, -0.2) is 13.4 Å². The van der Waals surface area contributed by atoms with Crippen molar-refractivity contribution in [2.75, 3.05) is 43.1 Å². The second-order valence-corrected chi connectivity index (χ2v) is 10.1. The van der Waals surface area contributed by atoms with Crippen molar-refractivity contribution in [3.8, 4) is 11.3 Å². The summed E-state index contributed by atoms with van der Waals surface area (Å²) in [7, 11) is -3.14. The van der Waals surface area contributed by atoms with E-state index in [0.29, 0.717) is 31.2 Å². The summed E-state index contributed by atoms with van der Waals surface area (Å²) in [6, 6.07) is 4.01. The number of nitrogens with zero attached hydrogens (tertiary/aromatic N) is 4. The van der Waals surface area contributed by atoms with Gasteiger partial charge in [0.05, 0.1) is 16.5 Å². The number of carbonyl (C=O) groups is 1. The number of rotatable bonds is 5. The predicted molar refractivity (Wildman–Crippen MR) is 122 cm³/mol. The highest BCUT2D eigenvalue weighted by molar-refractivity contribution is 7.90. The number of hydrogen-bond acceptors (Lipinski definition) is 6. The first-order valence-electron chi connectivity index (χ1n) is 9.43. The van der Waals surface area contributed by atoms with Crippen LogP contribution in [0.4, 0.5) is 5.82 Å². The smallest absolute Gasteiger partial charge is 0.223 e. The highest BCUT2D eigenvalue weighted by Gasteiger charge is 2.23. The number of amides is 1. The van der Waals surface area contributed by atoms with E-state index in [1.165, 1.54) is 0 Å². The molecule has 0 bridgehead atoms. The first-order chi connectivity index (χ1) is 13.6. The molecule has 3 heterocycles. The summed E-state index contributed by atoms with van der Waals surface area (Å²) in [6.45, 7) is 6.32. The molecule has 0 unspecified atom stereocenters. The van der Waals surface area contributed by atoms with E-state index >= 15 is 0 Å². The molecule has 1 aliphatic heterocycles. The summed E-state index contributed by atoms with van der Waals surface area (Å²) < 4.78 is 22.5. The largest absolute Gasteiger partial charge is 0.353 e. The van der Waals surface area contributed by atoms with Crippen molar-refractivity contribution >= 4 is 45.6 Å². The molecule has 2 aromatic rings. The summed E-state index contributed by atoms with van der Waals surface area (Å²) in [4.78, 5) is 25.0. The van der Waals surface area contributed by atoms with E-state index in [-0.39, 0.29) is 30.5 Å². The maximum Gasteiger partial charge on any atom is 0.223 e. The first-order valence-corrected chi connectivity index (χ1v) is 11.9. The van der Waals surface area contributed by atoms with E-state index in [2.05, 4.69) is 20.9 Å². The molecule has 30 heavy (non-hydrogen) atoms. The van der Waals surface area contributed by atoms with Gasteiger partial charge in [-0.2, -0.15) is 0 Å². The summed E-state index contributed by atoms with van der Waals surface area (Å²) in [6.07, 6.45) is 4.63. The second kappa shape index (κ2) is 9.94. The Bertz CT molecular complexity index is 1020. The van der Waals surface area contributed by atoms with Gasteiger partial charge in [0, 0.05) is 56.8 Å². The summed E-state index contributed by atoms with van der Waals surface area (Å²) in [5.74, 6) is 0.547. The lowest BCUT2D eigenvalue weighted by molar-refractivity contribution is -0.131. The van der Waals surface area contributed by atoms with Gasteiger partial charge in [-0.3, -0.25) is 9.78 Å². The Balaban J connectivity index is 0.00000320.